The normalized spacial score (nSPS) is 10.6. The van der Waals surface area contributed by atoms with E-state index < -0.39 is 5.97 Å². The summed E-state index contributed by atoms with van der Waals surface area (Å²) in [7, 11) is 0. The maximum atomic E-state index is 12.3. The maximum absolute atomic E-state index is 12.3. The molecule has 1 aromatic carbocycles. The number of fused-ring (bicyclic) bond motifs is 1. The molecule has 0 radical (unpaired) electrons. The van der Waals surface area contributed by atoms with Gasteiger partial charge in [-0.25, -0.2) is 0 Å². The predicted molar refractivity (Wildman–Crippen MR) is 88.0 cm³/mol. The van der Waals surface area contributed by atoms with E-state index in [1.54, 1.807) is 6.07 Å². The number of nitrogens with zero attached hydrogens (tertiary/aromatic N) is 1. The predicted octanol–water partition coefficient (Wildman–Crippen LogP) is 3.29. The molecule has 1 heterocycles. The van der Waals surface area contributed by atoms with Gasteiger partial charge >= 0.3 is 5.97 Å². The molecule has 116 valence electrons. The number of hydrogen-bond acceptors (Lipinski definition) is 3. The van der Waals surface area contributed by atoms with Crippen molar-refractivity contribution < 1.29 is 14.7 Å². The molecule has 1 aromatic heterocycles. The van der Waals surface area contributed by atoms with Crippen LogP contribution in [0.5, 0.6) is 0 Å². The summed E-state index contributed by atoms with van der Waals surface area (Å²) in [5, 5.41) is 12.2. The van der Waals surface area contributed by atoms with Crippen molar-refractivity contribution in [2.45, 2.75) is 26.2 Å². The number of hydrogen-bond donors (Lipinski definition) is 2. The van der Waals surface area contributed by atoms with Crippen molar-refractivity contribution >= 4 is 38.7 Å². The highest BCUT2D eigenvalue weighted by Crippen LogP contribution is 2.22. The van der Waals surface area contributed by atoms with Gasteiger partial charge in [-0.1, -0.05) is 15.9 Å². The lowest BCUT2D eigenvalue weighted by Crippen LogP contribution is -2.25. The summed E-state index contributed by atoms with van der Waals surface area (Å²) in [5.74, 6) is -0.976. The van der Waals surface area contributed by atoms with Crippen molar-refractivity contribution in [2.75, 3.05) is 6.54 Å². The molecule has 0 spiro atoms. The lowest BCUT2D eigenvalue weighted by molar-refractivity contribution is -0.137. The van der Waals surface area contributed by atoms with Gasteiger partial charge in [0.25, 0.3) is 5.91 Å². The van der Waals surface area contributed by atoms with Gasteiger partial charge < -0.3 is 10.4 Å². The van der Waals surface area contributed by atoms with E-state index in [9.17, 15) is 9.59 Å². The van der Waals surface area contributed by atoms with Crippen LogP contribution in [0.3, 0.4) is 0 Å². The van der Waals surface area contributed by atoms with Crippen LogP contribution in [-0.4, -0.2) is 28.5 Å². The maximum Gasteiger partial charge on any atom is 0.303 e. The Hall–Kier alpha value is -1.95. The number of pyridine rings is 1. The SMILES string of the molecule is Cc1cc(C(=O)NCCCCC(=O)O)c2cc(Br)ccc2n1. The topological polar surface area (TPSA) is 79.3 Å². The first-order chi connectivity index (χ1) is 10.5. The van der Waals surface area contributed by atoms with E-state index in [4.69, 9.17) is 5.11 Å². The second kappa shape index (κ2) is 7.35. The molecule has 6 heteroatoms. The highest BCUT2D eigenvalue weighted by atomic mass is 79.9. The molecule has 0 fully saturated rings. The van der Waals surface area contributed by atoms with Gasteiger partial charge in [0.2, 0.25) is 0 Å². The molecule has 2 aromatic rings. The summed E-state index contributed by atoms with van der Waals surface area (Å²) in [5.41, 5.74) is 2.15. The molecule has 0 aliphatic heterocycles. The number of rotatable bonds is 6. The van der Waals surface area contributed by atoms with E-state index in [2.05, 4.69) is 26.2 Å². The van der Waals surface area contributed by atoms with E-state index in [-0.39, 0.29) is 12.3 Å². The zero-order chi connectivity index (χ0) is 16.1. The van der Waals surface area contributed by atoms with Crippen molar-refractivity contribution in [2.24, 2.45) is 0 Å². The van der Waals surface area contributed by atoms with E-state index in [1.807, 2.05) is 25.1 Å². The molecule has 0 saturated heterocycles. The second-order valence-corrected chi connectivity index (χ2v) is 6.00. The van der Waals surface area contributed by atoms with Crippen LogP contribution in [0, 0.1) is 6.92 Å². The summed E-state index contributed by atoms with van der Waals surface area (Å²) in [6.07, 6.45) is 1.32. The van der Waals surface area contributed by atoms with Crippen LogP contribution in [-0.2, 0) is 4.79 Å². The third-order valence-electron chi connectivity index (χ3n) is 3.25. The quantitative estimate of drug-likeness (QED) is 0.770. The Kier molecular flexibility index (Phi) is 5.49. The van der Waals surface area contributed by atoms with Gasteiger partial charge in [0, 0.05) is 28.5 Å². The number of carboxylic acid groups (broad SMARTS) is 1. The summed E-state index contributed by atoms with van der Waals surface area (Å²) in [6.45, 7) is 2.31. The average Bonchev–Trinajstić information content (AvgIpc) is 2.46. The number of benzene rings is 1. The molecule has 0 aliphatic rings. The fourth-order valence-electron chi connectivity index (χ4n) is 2.22. The molecule has 0 atom stereocenters. The van der Waals surface area contributed by atoms with Gasteiger partial charge in [0.1, 0.15) is 0 Å². The Bertz CT molecular complexity index is 716. The highest BCUT2D eigenvalue weighted by molar-refractivity contribution is 9.10. The van der Waals surface area contributed by atoms with Crippen molar-refractivity contribution in [1.29, 1.82) is 0 Å². The molecule has 5 nitrogen and oxygen atoms in total. The summed E-state index contributed by atoms with van der Waals surface area (Å²) in [4.78, 5) is 27.2. The lowest BCUT2D eigenvalue weighted by atomic mass is 10.1. The molecule has 22 heavy (non-hydrogen) atoms. The van der Waals surface area contributed by atoms with Gasteiger partial charge in [0.05, 0.1) is 11.1 Å². The minimum atomic E-state index is -0.813. The number of aryl methyl sites for hydroxylation is 1. The summed E-state index contributed by atoms with van der Waals surface area (Å²) >= 11 is 3.41. The van der Waals surface area contributed by atoms with E-state index >= 15 is 0 Å². The second-order valence-electron chi connectivity index (χ2n) is 5.08. The molecule has 0 saturated carbocycles. The van der Waals surface area contributed by atoms with Crippen molar-refractivity contribution in [3.63, 3.8) is 0 Å². The van der Waals surface area contributed by atoms with Crippen molar-refractivity contribution in [3.8, 4) is 0 Å². The number of halogens is 1. The van der Waals surface area contributed by atoms with Gasteiger partial charge in [-0.3, -0.25) is 14.6 Å². The fourth-order valence-corrected chi connectivity index (χ4v) is 2.58. The summed E-state index contributed by atoms with van der Waals surface area (Å²) in [6, 6.07) is 7.40. The van der Waals surface area contributed by atoms with Crippen LogP contribution in [0.2, 0.25) is 0 Å². The van der Waals surface area contributed by atoms with Crippen LogP contribution >= 0.6 is 15.9 Å². The van der Waals surface area contributed by atoms with Crippen LogP contribution < -0.4 is 5.32 Å². The molecular weight excluding hydrogens is 348 g/mol. The zero-order valence-electron chi connectivity index (χ0n) is 12.2. The number of carbonyl (C=O) groups is 2. The Morgan fingerprint density at radius 1 is 1.27 bits per heavy atom. The molecular formula is C16H17BrN2O3. The Balaban J connectivity index is 2.10. The van der Waals surface area contributed by atoms with Crippen molar-refractivity contribution in [3.05, 3.63) is 40.0 Å². The van der Waals surface area contributed by atoms with Crippen molar-refractivity contribution in [1.82, 2.24) is 10.3 Å². The number of amides is 1. The first kappa shape index (κ1) is 16.4. The number of carboxylic acids is 1. The van der Waals surface area contributed by atoms with Crippen LogP contribution in [0.4, 0.5) is 0 Å². The number of aromatic nitrogens is 1. The third-order valence-corrected chi connectivity index (χ3v) is 3.74. The lowest BCUT2D eigenvalue weighted by Gasteiger charge is -2.09. The van der Waals surface area contributed by atoms with E-state index in [0.29, 0.717) is 24.9 Å². The Labute approximate surface area is 136 Å². The van der Waals surface area contributed by atoms with Gasteiger partial charge in [-0.2, -0.15) is 0 Å². The molecule has 2 N–H and O–H groups in total. The van der Waals surface area contributed by atoms with Crippen LogP contribution in [0.1, 0.15) is 35.3 Å². The van der Waals surface area contributed by atoms with Crippen LogP contribution in [0.15, 0.2) is 28.7 Å². The van der Waals surface area contributed by atoms with Crippen LogP contribution in [0.25, 0.3) is 10.9 Å². The number of nitrogens with one attached hydrogen (secondary N) is 1. The minimum absolute atomic E-state index is 0.125. The number of unbranched alkanes of at least 4 members (excludes halogenated alkanes) is 1. The minimum Gasteiger partial charge on any atom is -0.481 e. The van der Waals surface area contributed by atoms with Gasteiger partial charge in [0.15, 0.2) is 0 Å². The molecule has 0 aliphatic carbocycles. The number of aliphatic carboxylic acids is 1. The average molecular weight is 365 g/mol. The van der Waals surface area contributed by atoms with E-state index in [1.165, 1.54) is 0 Å². The first-order valence-electron chi connectivity index (χ1n) is 7.04. The molecule has 0 unspecified atom stereocenters. The smallest absolute Gasteiger partial charge is 0.303 e. The first-order valence-corrected chi connectivity index (χ1v) is 7.83. The summed E-state index contributed by atoms with van der Waals surface area (Å²) < 4.78 is 0.890. The monoisotopic (exact) mass is 364 g/mol. The van der Waals surface area contributed by atoms with Gasteiger partial charge in [-0.05, 0) is 44.0 Å². The zero-order valence-corrected chi connectivity index (χ0v) is 13.8. The molecule has 0 bridgehead atoms. The highest BCUT2D eigenvalue weighted by Gasteiger charge is 2.12. The van der Waals surface area contributed by atoms with E-state index in [0.717, 1.165) is 21.1 Å². The molecule has 1 amide bonds. The molecule has 2 rings (SSSR count). The standard InChI is InChI=1S/C16H17BrN2O3/c1-10-8-13(12-9-11(17)5-6-14(12)19-10)16(22)18-7-3-2-4-15(20)21/h5-6,8-9H,2-4,7H2,1H3,(H,18,22)(H,20,21). The Morgan fingerprint density at radius 2 is 2.05 bits per heavy atom. The largest absolute Gasteiger partial charge is 0.481 e. The fraction of sp³-hybridized carbons (Fsp3) is 0.312. The third kappa shape index (κ3) is 4.27. The number of carbonyl (C=O) groups excluding carboxylic acids is 1. The Morgan fingerprint density at radius 3 is 2.77 bits per heavy atom. The van der Waals surface area contributed by atoms with Gasteiger partial charge in [-0.15, -0.1) is 0 Å².